The lowest BCUT2D eigenvalue weighted by Gasteiger charge is -2.18. The van der Waals surface area contributed by atoms with E-state index >= 15 is 0 Å². The molecule has 7 heteroatoms. The van der Waals surface area contributed by atoms with Gasteiger partial charge in [-0.15, -0.1) is 11.3 Å². The molecule has 6 nitrogen and oxygen atoms in total. The third-order valence-electron chi connectivity index (χ3n) is 5.60. The maximum atomic E-state index is 12.5. The molecule has 0 saturated carbocycles. The number of ether oxygens (including phenoxy) is 2. The standard InChI is InChI=1S/C26H31NO5S/c1-5-31-26(30)24-20-12-6-17(4)14-21(20)33-25(24)27-22(28)15-32-23(29)13-9-18-7-10-19(11-8-18)16(2)3/h7-11,13,16-17H,5-6,12,14-15H2,1-4H3,(H,27,28). The number of thiophene rings is 1. The molecule has 3 rings (SSSR count). The van der Waals surface area contributed by atoms with Gasteiger partial charge < -0.3 is 14.8 Å². The molecule has 1 aromatic heterocycles. The van der Waals surface area contributed by atoms with Crippen LogP contribution in [0, 0.1) is 5.92 Å². The van der Waals surface area contributed by atoms with Gasteiger partial charge in [0, 0.05) is 11.0 Å². The number of esters is 2. The van der Waals surface area contributed by atoms with Crippen LogP contribution in [0.2, 0.25) is 0 Å². The molecular formula is C26H31NO5S. The van der Waals surface area contributed by atoms with Crippen LogP contribution in [-0.4, -0.2) is 31.1 Å². The van der Waals surface area contributed by atoms with Crippen LogP contribution in [0.1, 0.15) is 72.0 Å². The summed E-state index contributed by atoms with van der Waals surface area (Å²) in [4.78, 5) is 38.1. The highest BCUT2D eigenvalue weighted by Gasteiger charge is 2.29. The monoisotopic (exact) mass is 469 g/mol. The molecule has 0 saturated heterocycles. The Bertz CT molecular complexity index is 1040. The summed E-state index contributed by atoms with van der Waals surface area (Å²) in [6.07, 6.45) is 5.60. The number of nitrogens with one attached hydrogen (secondary N) is 1. The number of anilines is 1. The van der Waals surface area contributed by atoms with Gasteiger partial charge in [-0.1, -0.05) is 45.0 Å². The molecule has 1 unspecified atom stereocenters. The van der Waals surface area contributed by atoms with Gasteiger partial charge in [0.15, 0.2) is 6.61 Å². The molecule has 1 heterocycles. The van der Waals surface area contributed by atoms with Gasteiger partial charge in [0.05, 0.1) is 12.2 Å². The number of carbonyl (C=O) groups is 3. The number of benzene rings is 1. The zero-order valence-electron chi connectivity index (χ0n) is 19.6. The Balaban J connectivity index is 1.60. The van der Waals surface area contributed by atoms with E-state index in [0.29, 0.717) is 22.4 Å². The zero-order chi connectivity index (χ0) is 24.0. The lowest BCUT2D eigenvalue weighted by atomic mass is 9.88. The highest BCUT2D eigenvalue weighted by atomic mass is 32.1. The average molecular weight is 470 g/mol. The fourth-order valence-electron chi connectivity index (χ4n) is 3.76. The number of hydrogen-bond acceptors (Lipinski definition) is 6. The van der Waals surface area contributed by atoms with Crippen LogP contribution in [0.4, 0.5) is 5.00 Å². The molecule has 1 N–H and O–H groups in total. The molecule has 0 aliphatic heterocycles. The first kappa shape index (κ1) is 24.7. The van der Waals surface area contributed by atoms with Crippen molar-refractivity contribution in [2.24, 2.45) is 5.92 Å². The summed E-state index contributed by atoms with van der Waals surface area (Å²) in [5.41, 5.74) is 3.50. The first-order valence-electron chi connectivity index (χ1n) is 11.3. The van der Waals surface area contributed by atoms with Crippen molar-refractivity contribution in [3.8, 4) is 0 Å². The molecule has 1 aromatic carbocycles. The largest absolute Gasteiger partial charge is 0.462 e. The van der Waals surface area contributed by atoms with E-state index in [1.54, 1.807) is 13.0 Å². The number of rotatable bonds is 8. The predicted octanol–water partition coefficient (Wildman–Crippen LogP) is 5.37. The van der Waals surface area contributed by atoms with Gasteiger partial charge in [-0.2, -0.15) is 0 Å². The molecule has 0 radical (unpaired) electrons. The summed E-state index contributed by atoms with van der Waals surface area (Å²) >= 11 is 1.41. The molecular weight excluding hydrogens is 438 g/mol. The van der Waals surface area contributed by atoms with Crippen LogP contribution in [-0.2, 0) is 31.9 Å². The summed E-state index contributed by atoms with van der Waals surface area (Å²) in [5, 5.41) is 3.21. The second-order valence-electron chi connectivity index (χ2n) is 8.59. The molecule has 0 bridgehead atoms. The molecule has 176 valence electrons. The van der Waals surface area contributed by atoms with E-state index in [2.05, 4.69) is 26.1 Å². The van der Waals surface area contributed by atoms with Crippen LogP contribution in [0.25, 0.3) is 6.08 Å². The molecule has 0 fully saturated rings. The summed E-state index contributed by atoms with van der Waals surface area (Å²) in [5.74, 6) is -0.557. The van der Waals surface area contributed by atoms with Crippen LogP contribution in [0.15, 0.2) is 30.3 Å². The van der Waals surface area contributed by atoms with E-state index in [1.807, 2.05) is 24.3 Å². The minimum Gasteiger partial charge on any atom is -0.462 e. The lowest BCUT2D eigenvalue weighted by molar-refractivity contribution is -0.142. The van der Waals surface area contributed by atoms with Crippen molar-refractivity contribution in [2.45, 2.75) is 52.9 Å². The molecule has 1 atom stereocenters. The topological polar surface area (TPSA) is 81.7 Å². The SMILES string of the molecule is CCOC(=O)c1c(NC(=O)COC(=O)C=Cc2ccc(C(C)C)cc2)sc2c1CCC(C)C2. The van der Waals surface area contributed by atoms with E-state index in [4.69, 9.17) is 9.47 Å². The van der Waals surface area contributed by atoms with Crippen molar-refractivity contribution < 1.29 is 23.9 Å². The summed E-state index contributed by atoms with van der Waals surface area (Å²) in [6, 6.07) is 7.90. The third kappa shape index (κ3) is 6.54. The van der Waals surface area contributed by atoms with Crippen molar-refractivity contribution in [1.82, 2.24) is 0 Å². The summed E-state index contributed by atoms with van der Waals surface area (Å²) in [6.45, 7) is 8.00. The van der Waals surface area contributed by atoms with Crippen molar-refractivity contribution >= 4 is 40.3 Å². The van der Waals surface area contributed by atoms with E-state index < -0.39 is 24.5 Å². The van der Waals surface area contributed by atoms with Gasteiger partial charge in [0.2, 0.25) is 0 Å². The molecule has 1 aliphatic rings. The Morgan fingerprint density at radius 2 is 1.91 bits per heavy atom. The lowest BCUT2D eigenvalue weighted by Crippen LogP contribution is -2.21. The fourth-order valence-corrected chi connectivity index (χ4v) is 5.18. The fraction of sp³-hybridized carbons (Fsp3) is 0.423. The zero-order valence-corrected chi connectivity index (χ0v) is 20.4. The summed E-state index contributed by atoms with van der Waals surface area (Å²) < 4.78 is 10.3. The average Bonchev–Trinajstić information content (AvgIpc) is 3.13. The number of carbonyl (C=O) groups excluding carboxylic acids is 3. The Kier molecular flexibility index (Phi) is 8.44. The smallest absolute Gasteiger partial charge is 0.341 e. The van der Waals surface area contributed by atoms with Gasteiger partial charge in [-0.25, -0.2) is 9.59 Å². The highest BCUT2D eigenvalue weighted by Crippen LogP contribution is 2.40. The normalized spacial score (nSPS) is 15.4. The maximum Gasteiger partial charge on any atom is 0.341 e. The van der Waals surface area contributed by atoms with Gasteiger partial charge in [-0.3, -0.25) is 4.79 Å². The quantitative estimate of drug-likeness (QED) is 0.415. The molecule has 1 amide bonds. The second kappa shape index (κ2) is 11.3. The van der Waals surface area contributed by atoms with Crippen LogP contribution >= 0.6 is 11.3 Å². The summed E-state index contributed by atoms with van der Waals surface area (Å²) in [7, 11) is 0. The third-order valence-corrected chi connectivity index (χ3v) is 6.77. The first-order chi connectivity index (χ1) is 15.8. The predicted molar refractivity (Wildman–Crippen MR) is 131 cm³/mol. The van der Waals surface area contributed by atoms with Crippen molar-refractivity contribution in [3.05, 3.63) is 57.5 Å². The van der Waals surface area contributed by atoms with Crippen molar-refractivity contribution in [1.29, 1.82) is 0 Å². The number of hydrogen-bond donors (Lipinski definition) is 1. The minimum absolute atomic E-state index is 0.261. The van der Waals surface area contributed by atoms with E-state index in [1.165, 1.54) is 23.0 Å². The Morgan fingerprint density at radius 1 is 1.18 bits per heavy atom. The Morgan fingerprint density at radius 3 is 2.58 bits per heavy atom. The van der Waals surface area contributed by atoms with Gasteiger partial charge in [-0.05, 0) is 60.8 Å². The molecule has 2 aromatic rings. The van der Waals surface area contributed by atoms with E-state index in [9.17, 15) is 14.4 Å². The van der Waals surface area contributed by atoms with Crippen LogP contribution < -0.4 is 5.32 Å². The highest BCUT2D eigenvalue weighted by molar-refractivity contribution is 7.17. The first-order valence-corrected chi connectivity index (χ1v) is 12.2. The molecule has 0 spiro atoms. The van der Waals surface area contributed by atoms with Gasteiger partial charge in [0.1, 0.15) is 5.00 Å². The molecule has 1 aliphatic carbocycles. The van der Waals surface area contributed by atoms with Crippen molar-refractivity contribution in [3.63, 3.8) is 0 Å². The molecule has 33 heavy (non-hydrogen) atoms. The van der Waals surface area contributed by atoms with E-state index in [0.717, 1.165) is 35.3 Å². The Labute approximate surface area is 199 Å². The Hall–Kier alpha value is -2.93. The second-order valence-corrected chi connectivity index (χ2v) is 9.69. The van der Waals surface area contributed by atoms with Crippen LogP contribution in [0.5, 0.6) is 0 Å². The van der Waals surface area contributed by atoms with Crippen LogP contribution in [0.3, 0.4) is 0 Å². The van der Waals surface area contributed by atoms with Crippen molar-refractivity contribution in [2.75, 3.05) is 18.5 Å². The maximum absolute atomic E-state index is 12.5. The van der Waals surface area contributed by atoms with E-state index in [-0.39, 0.29) is 6.61 Å². The van der Waals surface area contributed by atoms with Gasteiger partial charge in [0.25, 0.3) is 5.91 Å². The van der Waals surface area contributed by atoms with Gasteiger partial charge >= 0.3 is 11.9 Å². The minimum atomic E-state index is -0.608. The number of fused-ring (bicyclic) bond motifs is 1. The number of amides is 1.